The molecule has 3 aromatic rings. The average molecular weight is 412 g/mol. The molecule has 1 amide bonds. The number of amides is 1. The highest BCUT2D eigenvalue weighted by Gasteiger charge is 2.30. The van der Waals surface area contributed by atoms with Crippen molar-refractivity contribution in [2.24, 2.45) is 0 Å². The highest BCUT2D eigenvalue weighted by Crippen LogP contribution is 2.31. The smallest absolute Gasteiger partial charge is 0.273 e. The first-order valence-electron chi connectivity index (χ1n) is 9.05. The van der Waals surface area contributed by atoms with Crippen LogP contribution in [-0.2, 0) is 0 Å². The Morgan fingerprint density at radius 3 is 2.71 bits per heavy atom. The van der Waals surface area contributed by atoms with E-state index in [9.17, 15) is 4.79 Å². The molecule has 5 nitrogen and oxygen atoms in total. The second kappa shape index (κ2) is 8.67. The lowest BCUT2D eigenvalue weighted by Crippen LogP contribution is -2.40. The van der Waals surface area contributed by atoms with Gasteiger partial charge in [0, 0.05) is 29.1 Å². The van der Waals surface area contributed by atoms with E-state index in [0.717, 1.165) is 29.5 Å². The number of thioether (sulfide) groups is 1. The third-order valence-electron chi connectivity index (χ3n) is 4.64. The van der Waals surface area contributed by atoms with Gasteiger partial charge in [-0.3, -0.25) is 4.79 Å². The molecule has 2 heterocycles. The predicted octanol–water partition coefficient (Wildman–Crippen LogP) is 4.83. The number of carbonyl (C=O) groups excluding carboxylic acids is 1. The van der Waals surface area contributed by atoms with E-state index < -0.39 is 0 Å². The van der Waals surface area contributed by atoms with E-state index in [1.165, 1.54) is 16.9 Å². The monoisotopic (exact) mass is 411 g/mol. The highest BCUT2D eigenvalue weighted by molar-refractivity contribution is 7.99. The Hall–Kier alpha value is -2.51. The van der Waals surface area contributed by atoms with E-state index in [0.29, 0.717) is 10.8 Å². The van der Waals surface area contributed by atoms with Crippen molar-refractivity contribution in [1.82, 2.24) is 9.88 Å². The number of rotatable bonds is 5. The fourth-order valence-corrected chi connectivity index (χ4v) is 4.97. The highest BCUT2D eigenvalue weighted by atomic mass is 32.2. The number of carbonyl (C=O) groups is 1. The fourth-order valence-electron chi connectivity index (χ4n) is 3.17. The summed E-state index contributed by atoms with van der Waals surface area (Å²) >= 11 is 3.33. The van der Waals surface area contributed by atoms with E-state index in [1.54, 1.807) is 7.11 Å². The molecule has 144 valence electrons. The molecule has 0 radical (unpaired) electrons. The minimum atomic E-state index is -0.00631. The minimum Gasteiger partial charge on any atom is -0.497 e. The Labute approximate surface area is 172 Å². The standard InChI is InChI=1S/C21H21N3O2S2/c1-26-17-9-7-16(8-10-17)22-21-23-18(13-28-21)20(25)24-11-12-27-14-19(24)15-5-3-2-4-6-15/h2-10,13,19H,11-12,14H2,1H3,(H,22,23). The van der Waals surface area contributed by atoms with Crippen molar-refractivity contribution in [3.8, 4) is 5.75 Å². The van der Waals surface area contributed by atoms with E-state index in [2.05, 4.69) is 22.4 Å². The van der Waals surface area contributed by atoms with E-state index in [4.69, 9.17) is 4.74 Å². The quantitative estimate of drug-likeness (QED) is 0.652. The number of benzene rings is 2. The summed E-state index contributed by atoms with van der Waals surface area (Å²) in [6.45, 7) is 0.738. The van der Waals surface area contributed by atoms with Crippen molar-refractivity contribution >= 4 is 39.8 Å². The van der Waals surface area contributed by atoms with Gasteiger partial charge in [0.15, 0.2) is 5.13 Å². The summed E-state index contributed by atoms with van der Waals surface area (Å²) in [6.07, 6.45) is 0. The molecular weight excluding hydrogens is 390 g/mol. The molecule has 1 aromatic heterocycles. The molecule has 1 aliphatic rings. The van der Waals surface area contributed by atoms with Gasteiger partial charge in [-0.15, -0.1) is 11.3 Å². The summed E-state index contributed by atoms with van der Waals surface area (Å²) in [7, 11) is 1.64. The molecule has 4 rings (SSSR count). The lowest BCUT2D eigenvalue weighted by Gasteiger charge is -2.35. The van der Waals surface area contributed by atoms with Gasteiger partial charge in [0.1, 0.15) is 11.4 Å². The molecule has 0 saturated carbocycles. The van der Waals surface area contributed by atoms with Crippen LogP contribution >= 0.6 is 23.1 Å². The second-order valence-corrected chi connectivity index (χ2v) is 8.40. The first-order chi connectivity index (χ1) is 13.7. The first kappa shape index (κ1) is 18.8. The zero-order valence-electron chi connectivity index (χ0n) is 15.5. The molecule has 0 bridgehead atoms. The van der Waals surface area contributed by atoms with Crippen LogP contribution in [-0.4, -0.2) is 41.0 Å². The maximum Gasteiger partial charge on any atom is 0.273 e. The molecule has 28 heavy (non-hydrogen) atoms. The molecule has 1 unspecified atom stereocenters. The van der Waals surface area contributed by atoms with Gasteiger partial charge in [-0.1, -0.05) is 30.3 Å². The Morgan fingerprint density at radius 1 is 1.18 bits per heavy atom. The molecular formula is C21H21N3O2S2. The van der Waals surface area contributed by atoms with Crippen molar-refractivity contribution in [2.45, 2.75) is 6.04 Å². The van der Waals surface area contributed by atoms with Gasteiger partial charge in [-0.05, 0) is 29.8 Å². The Bertz CT molecular complexity index is 928. The number of thiazole rings is 1. The summed E-state index contributed by atoms with van der Waals surface area (Å²) in [5.74, 6) is 2.66. The van der Waals surface area contributed by atoms with Gasteiger partial charge in [0.25, 0.3) is 5.91 Å². The zero-order chi connectivity index (χ0) is 19.3. The van der Waals surface area contributed by atoms with Crippen molar-refractivity contribution in [2.75, 3.05) is 30.5 Å². The molecule has 0 spiro atoms. The van der Waals surface area contributed by atoms with Crippen LogP contribution in [0.3, 0.4) is 0 Å². The van der Waals surface area contributed by atoms with Gasteiger partial charge >= 0.3 is 0 Å². The van der Waals surface area contributed by atoms with Crippen LogP contribution in [0.15, 0.2) is 60.0 Å². The Morgan fingerprint density at radius 2 is 1.96 bits per heavy atom. The number of nitrogens with one attached hydrogen (secondary N) is 1. The molecule has 1 saturated heterocycles. The van der Waals surface area contributed by atoms with Crippen LogP contribution in [0.25, 0.3) is 0 Å². The number of ether oxygens (including phenoxy) is 1. The number of anilines is 2. The normalized spacial score (nSPS) is 16.6. The SMILES string of the molecule is COc1ccc(Nc2nc(C(=O)N3CCSCC3c3ccccc3)cs2)cc1. The van der Waals surface area contributed by atoms with Gasteiger partial charge in [0.05, 0.1) is 13.2 Å². The average Bonchev–Trinajstić information content (AvgIpc) is 3.23. The van der Waals surface area contributed by atoms with Crippen LogP contribution in [0.2, 0.25) is 0 Å². The summed E-state index contributed by atoms with van der Waals surface area (Å²) in [5, 5.41) is 5.79. The minimum absolute atomic E-state index is 0.00631. The molecule has 7 heteroatoms. The van der Waals surface area contributed by atoms with Crippen molar-refractivity contribution in [3.63, 3.8) is 0 Å². The van der Waals surface area contributed by atoms with Crippen LogP contribution in [0.4, 0.5) is 10.8 Å². The van der Waals surface area contributed by atoms with E-state index in [1.807, 2.05) is 64.5 Å². The van der Waals surface area contributed by atoms with Crippen LogP contribution in [0, 0.1) is 0 Å². The van der Waals surface area contributed by atoms with Gasteiger partial charge in [-0.2, -0.15) is 11.8 Å². The van der Waals surface area contributed by atoms with Gasteiger partial charge in [-0.25, -0.2) is 4.98 Å². The molecule has 2 aromatic carbocycles. The largest absolute Gasteiger partial charge is 0.497 e. The lowest BCUT2D eigenvalue weighted by molar-refractivity contribution is 0.0696. The maximum atomic E-state index is 13.1. The predicted molar refractivity (Wildman–Crippen MR) is 116 cm³/mol. The second-order valence-electron chi connectivity index (χ2n) is 6.39. The van der Waals surface area contributed by atoms with Crippen LogP contribution in [0.1, 0.15) is 22.1 Å². The molecule has 1 aliphatic heterocycles. The van der Waals surface area contributed by atoms with Crippen molar-refractivity contribution in [3.05, 3.63) is 71.2 Å². The van der Waals surface area contributed by atoms with Crippen LogP contribution < -0.4 is 10.1 Å². The maximum absolute atomic E-state index is 13.1. The third-order valence-corrected chi connectivity index (χ3v) is 6.42. The number of nitrogens with zero attached hydrogens (tertiary/aromatic N) is 2. The summed E-state index contributed by atoms with van der Waals surface area (Å²) in [4.78, 5) is 19.6. The lowest BCUT2D eigenvalue weighted by atomic mass is 10.1. The number of methoxy groups -OCH3 is 1. The molecule has 1 fully saturated rings. The third kappa shape index (κ3) is 4.15. The van der Waals surface area contributed by atoms with Gasteiger partial charge in [0.2, 0.25) is 0 Å². The van der Waals surface area contributed by atoms with Gasteiger partial charge < -0.3 is 15.0 Å². The summed E-state index contributed by atoms with van der Waals surface area (Å²) < 4.78 is 5.18. The summed E-state index contributed by atoms with van der Waals surface area (Å²) in [6, 6.07) is 18.0. The summed E-state index contributed by atoms with van der Waals surface area (Å²) in [5.41, 5.74) is 2.58. The van der Waals surface area contributed by atoms with E-state index >= 15 is 0 Å². The number of aromatic nitrogens is 1. The van der Waals surface area contributed by atoms with Crippen molar-refractivity contribution in [1.29, 1.82) is 0 Å². The van der Waals surface area contributed by atoms with E-state index in [-0.39, 0.29) is 11.9 Å². The topological polar surface area (TPSA) is 54.5 Å². The Balaban J connectivity index is 1.49. The zero-order valence-corrected chi connectivity index (χ0v) is 17.1. The Kier molecular flexibility index (Phi) is 5.83. The molecule has 0 aliphatic carbocycles. The first-order valence-corrected chi connectivity index (χ1v) is 11.1. The number of hydrogen-bond donors (Lipinski definition) is 1. The van der Waals surface area contributed by atoms with Crippen LogP contribution in [0.5, 0.6) is 5.75 Å². The molecule has 1 N–H and O–H groups in total. The van der Waals surface area contributed by atoms with Crippen molar-refractivity contribution < 1.29 is 9.53 Å². The fraction of sp³-hybridized carbons (Fsp3) is 0.238. The molecule has 1 atom stereocenters. The number of hydrogen-bond acceptors (Lipinski definition) is 6.